The zero-order valence-corrected chi connectivity index (χ0v) is 8.59. The van der Waals surface area contributed by atoms with Crippen molar-refractivity contribution in [2.75, 3.05) is 26.2 Å². The van der Waals surface area contributed by atoms with Crippen molar-refractivity contribution in [1.29, 1.82) is 0 Å². The van der Waals surface area contributed by atoms with Crippen LogP contribution in [0.5, 0.6) is 0 Å². The molecule has 0 aromatic rings. The van der Waals surface area contributed by atoms with E-state index < -0.39 is 5.97 Å². The largest absolute Gasteiger partial charge is 0.481 e. The van der Waals surface area contributed by atoms with Crippen LogP contribution in [0.4, 0.5) is 0 Å². The molecule has 1 heterocycles. The normalized spacial score (nSPS) is 22.6. The molecule has 14 heavy (non-hydrogen) atoms. The van der Waals surface area contributed by atoms with E-state index in [2.05, 4.69) is 10.6 Å². The molecule has 0 atom stereocenters. The molecule has 2 aliphatic rings. The smallest absolute Gasteiger partial charge is 0.306 e. The SMILES string of the molecule is C1CNCCN1.O=C(O)C1CCCC1. The first-order chi connectivity index (χ1) is 6.80. The molecular weight excluding hydrogens is 180 g/mol. The van der Waals surface area contributed by atoms with Gasteiger partial charge >= 0.3 is 5.97 Å². The van der Waals surface area contributed by atoms with Crippen LogP contribution < -0.4 is 10.6 Å². The lowest BCUT2D eigenvalue weighted by atomic mass is 10.1. The molecule has 1 aliphatic carbocycles. The first-order valence-corrected chi connectivity index (χ1v) is 5.45. The maximum atomic E-state index is 10.2. The molecule has 0 aromatic carbocycles. The zero-order chi connectivity index (χ0) is 10.2. The summed E-state index contributed by atoms with van der Waals surface area (Å²) in [5.41, 5.74) is 0. The fourth-order valence-electron chi connectivity index (χ4n) is 1.78. The molecule has 3 N–H and O–H groups in total. The molecule has 1 aliphatic heterocycles. The average molecular weight is 200 g/mol. The Hall–Kier alpha value is -0.610. The second kappa shape index (κ2) is 6.79. The Balaban J connectivity index is 0.000000146. The molecule has 0 bridgehead atoms. The van der Waals surface area contributed by atoms with E-state index in [0.29, 0.717) is 0 Å². The molecule has 0 unspecified atom stereocenters. The third-order valence-electron chi connectivity index (χ3n) is 2.66. The summed E-state index contributed by atoms with van der Waals surface area (Å²) < 4.78 is 0. The molecule has 1 saturated carbocycles. The van der Waals surface area contributed by atoms with Crippen LogP contribution in [-0.2, 0) is 4.79 Å². The lowest BCUT2D eigenvalue weighted by molar-refractivity contribution is -0.141. The lowest BCUT2D eigenvalue weighted by Crippen LogP contribution is -2.39. The van der Waals surface area contributed by atoms with Gasteiger partial charge in [-0.2, -0.15) is 0 Å². The van der Waals surface area contributed by atoms with E-state index in [1.807, 2.05) is 0 Å². The van der Waals surface area contributed by atoms with Gasteiger partial charge in [0.25, 0.3) is 0 Å². The summed E-state index contributed by atoms with van der Waals surface area (Å²) in [7, 11) is 0. The minimum Gasteiger partial charge on any atom is -0.481 e. The Bertz CT molecular complexity index is 152. The van der Waals surface area contributed by atoms with E-state index in [9.17, 15) is 4.79 Å². The van der Waals surface area contributed by atoms with Gasteiger partial charge in [0.15, 0.2) is 0 Å². The Morgan fingerprint density at radius 1 is 1.00 bits per heavy atom. The van der Waals surface area contributed by atoms with E-state index in [1.54, 1.807) is 0 Å². The number of hydrogen-bond acceptors (Lipinski definition) is 3. The third-order valence-corrected chi connectivity index (χ3v) is 2.66. The zero-order valence-electron chi connectivity index (χ0n) is 8.59. The highest BCUT2D eigenvalue weighted by molar-refractivity contribution is 5.70. The highest BCUT2D eigenvalue weighted by atomic mass is 16.4. The highest BCUT2D eigenvalue weighted by Gasteiger charge is 2.20. The highest BCUT2D eigenvalue weighted by Crippen LogP contribution is 2.24. The Labute approximate surface area is 85.1 Å². The van der Waals surface area contributed by atoms with E-state index in [4.69, 9.17) is 5.11 Å². The first kappa shape index (κ1) is 11.5. The van der Waals surface area contributed by atoms with E-state index >= 15 is 0 Å². The summed E-state index contributed by atoms with van der Waals surface area (Å²) in [5.74, 6) is -0.627. The number of carboxylic acids is 1. The first-order valence-electron chi connectivity index (χ1n) is 5.45. The van der Waals surface area contributed by atoms with Crippen molar-refractivity contribution in [2.45, 2.75) is 25.7 Å². The number of nitrogens with one attached hydrogen (secondary N) is 2. The van der Waals surface area contributed by atoms with Gasteiger partial charge in [0, 0.05) is 26.2 Å². The summed E-state index contributed by atoms with van der Waals surface area (Å²) >= 11 is 0. The molecule has 0 radical (unpaired) electrons. The lowest BCUT2D eigenvalue weighted by Gasteiger charge is -2.11. The van der Waals surface area contributed by atoms with Crippen molar-refractivity contribution in [3.05, 3.63) is 0 Å². The Morgan fingerprint density at radius 3 is 1.64 bits per heavy atom. The van der Waals surface area contributed by atoms with Crippen LogP contribution >= 0.6 is 0 Å². The van der Waals surface area contributed by atoms with Gasteiger partial charge in [-0.1, -0.05) is 12.8 Å². The topological polar surface area (TPSA) is 61.4 Å². The Morgan fingerprint density at radius 2 is 1.43 bits per heavy atom. The van der Waals surface area contributed by atoms with Gasteiger partial charge in [-0.15, -0.1) is 0 Å². The minimum atomic E-state index is -0.609. The molecule has 1 saturated heterocycles. The van der Waals surface area contributed by atoms with Crippen molar-refractivity contribution in [2.24, 2.45) is 5.92 Å². The molecule has 2 fully saturated rings. The number of aliphatic carboxylic acids is 1. The number of hydrogen-bond donors (Lipinski definition) is 3. The molecule has 0 aromatic heterocycles. The Kier molecular flexibility index (Phi) is 5.56. The van der Waals surface area contributed by atoms with Crippen LogP contribution in [0.25, 0.3) is 0 Å². The van der Waals surface area contributed by atoms with Crippen LogP contribution in [0.15, 0.2) is 0 Å². The molecule has 0 spiro atoms. The number of carboxylic acid groups (broad SMARTS) is 1. The standard InChI is InChI=1S/C6H10O2.C4H10N2/c7-6(8)5-3-1-2-4-5;1-2-6-4-3-5-1/h5H,1-4H2,(H,7,8);5-6H,1-4H2. The fraction of sp³-hybridized carbons (Fsp3) is 0.900. The average Bonchev–Trinajstić information content (AvgIpc) is 2.74. The van der Waals surface area contributed by atoms with Crippen molar-refractivity contribution in [3.63, 3.8) is 0 Å². The van der Waals surface area contributed by atoms with Crippen LogP contribution in [0, 0.1) is 5.92 Å². The van der Waals surface area contributed by atoms with Crippen LogP contribution in [0.2, 0.25) is 0 Å². The van der Waals surface area contributed by atoms with Crippen molar-refractivity contribution >= 4 is 5.97 Å². The maximum Gasteiger partial charge on any atom is 0.306 e. The minimum absolute atomic E-state index is 0.0185. The molecule has 2 rings (SSSR count). The third kappa shape index (κ3) is 4.58. The van der Waals surface area contributed by atoms with Gasteiger partial charge in [-0.3, -0.25) is 4.79 Å². The van der Waals surface area contributed by atoms with Gasteiger partial charge in [0.05, 0.1) is 5.92 Å². The van der Waals surface area contributed by atoms with Gasteiger partial charge in [-0.05, 0) is 12.8 Å². The second-order valence-corrected chi connectivity index (χ2v) is 3.82. The summed E-state index contributed by atoms with van der Waals surface area (Å²) in [6.45, 7) is 4.56. The van der Waals surface area contributed by atoms with E-state index in [0.717, 1.165) is 51.9 Å². The number of rotatable bonds is 1. The molecule has 82 valence electrons. The molecular formula is C10H20N2O2. The van der Waals surface area contributed by atoms with Crippen LogP contribution in [0.3, 0.4) is 0 Å². The van der Waals surface area contributed by atoms with Gasteiger partial charge in [-0.25, -0.2) is 0 Å². The fourth-order valence-corrected chi connectivity index (χ4v) is 1.78. The maximum absolute atomic E-state index is 10.2. The number of piperazine rings is 1. The van der Waals surface area contributed by atoms with E-state index in [1.165, 1.54) is 0 Å². The van der Waals surface area contributed by atoms with Crippen molar-refractivity contribution in [3.8, 4) is 0 Å². The molecule has 4 nitrogen and oxygen atoms in total. The summed E-state index contributed by atoms with van der Waals surface area (Å²) in [5, 5.41) is 14.9. The summed E-state index contributed by atoms with van der Waals surface area (Å²) in [6.07, 6.45) is 4.01. The van der Waals surface area contributed by atoms with Gasteiger partial charge in [0.2, 0.25) is 0 Å². The predicted molar refractivity (Wildman–Crippen MR) is 55.3 cm³/mol. The quantitative estimate of drug-likeness (QED) is 0.575. The van der Waals surface area contributed by atoms with Crippen molar-refractivity contribution in [1.82, 2.24) is 10.6 Å². The summed E-state index contributed by atoms with van der Waals surface area (Å²) in [6, 6.07) is 0. The van der Waals surface area contributed by atoms with Gasteiger partial charge in [0.1, 0.15) is 0 Å². The summed E-state index contributed by atoms with van der Waals surface area (Å²) in [4.78, 5) is 10.2. The van der Waals surface area contributed by atoms with Crippen LogP contribution in [-0.4, -0.2) is 37.3 Å². The van der Waals surface area contributed by atoms with Crippen molar-refractivity contribution < 1.29 is 9.90 Å². The van der Waals surface area contributed by atoms with Crippen LogP contribution in [0.1, 0.15) is 25.7 Å². The van der Waals surface area contributed by atoms with E-state index in [-0.39, 0.29) is 5.92 Å². The van der Waals surface area contributed by atoms with Gasteiger partial charge < -0.3 is 15.7 Å². The second-order valence-electron chi connectivity index (χ2n) is 3.82. The monoisotopic (exact) mass is 200 g/mol. The molecule has 0 amide bonds. The number of carbonyl (C=O) groups is 1. The predicted octanol–water partition coefficient (Wildman–Crippen LogP) is 0.440. The molecule has 4 heteroatoms.